The van der Waals surface area contributed by atoms with Crippen molar-refractivity contribution in [3.63, 3.8) is 0 Å². The van der Waals surface area contributed by atoms with Crippen molar-refractivity contribution in [3.8, 4) is 11.3 Å². The van der Waals surface area contributed by atoms with Gasteiger partial charge in [-0.05, 0) is 73.6 Å². The predicted molar refractivity (Wildman–Crippen MR) is 145 cm³/mol. The number of nitrogens with zero attached hydrogens (tertiary/aromatic N) is 5. The molecular formula is C30H32N6O2. The number of pyridine rings is 2. The van der Waals surface area contributed by atoms with E-state index < -0.39 is 0 Å². The monoisotopic (exact) mass is 508 g/mol. The smallest absolute Gasteiger partial charge is 0.280 e. The number of piperidine rings is 1. The Kier molecular flexibility index (Phi) is 6.62. The number of imidazole rings is 1. The molecule has 1 aromatic carbocycles. The number of aromatic nitrogens is 4. The Morgan fingerprint density at radius 2 is 1.82 bits per heavy atom. The van der Waals surface area contributed by atoms with E-state index >= 15 is 0 Å². The zero-order valence-corrected chi connectivity index (χ0v) is 21.6. The largest absolute Gasteiger partial charge is 0.343 e. The van der Waals surface area contributed by atoms with E-state index in [4.69, 9.17) is 0 Å². The molecule has 2 fully saturated rings. The number of H-pyrrole nitrogens is 1. The van der Waals surface area contributed by atoms with E-state index in [1.165, 1.54) is 18.4 Å². The van der Waals surface area contributed by atoms with Crippen LogP contribution in [0.2, 0.25) is 0 Å². The molecule has 1 saturated heterocycles. The van der Waals surface area contributed by atoms with Crippen LogP contribution in [0.3, 0.4) is 0 Å². The maximum atomic E-state index is 13.4. The van der Waals surface area contributed by atoms with Crippen LogP contribution in [-0.4, -0.2) is 49.3 Å². The quantitative estimate of drug-likeness (QED) is 0.419. The van der Waals surface area contributed by atoms with Gasteiger partial charge in [0.1, 0.15) is 0 Å². The highest BCUT2D eigenvalue weighted by Gasteiger charge is 2.24. The van der Waals surface area contributed by atoms with E-state index in [9.17, 15) is 9.59 Å². The van der Waals surface area contributed by atoms with Gasteiger partial charge in [0.2, 0.25) is 11.5 Å². The standard InChI is InChI=1S/C30H32N6O2/c1-20(37)35-15-11-21(12-16-35)22-8-9-28-27(17-22)33-30(36(28)25-6-2-3-7-25)34-29(38)23-10-14-32-26(18-23)24-5-4-13-31-19-24/h4-5,8-10,13-14,17-19,21,25H,2-3,6-7,11-12,15-16H2,1H3,(H,33,34,38). The SMILES string of the molecule is CC(=O)N1CCC(c2ccc3c(c2)[nH]/c(=N\C(=O)c2ccnc(-c4cccnc4)c2)n3C2CCCC2)CC1. The van der Waals surface area contributed by atoms with Gasteiger partial charge < -0.3 is 14.5 Å². The lowest BCUT2D eigenvalue weighted by molar-refractivity contribution is -0.129. The molecule has 1 aliphatic carbocycles. The topological polar surface area (TPSA) is 96.2 Å². The van der Waals surface area contributed by atoms with Gasteiger partial charge >= 0.3 is 0 Å². The summed E-state index contributed by atoms with van der Waals surface area (Å²) in [6.45, 7) is 3.24. The highest BCUT2D eigenvalue weighted by Crippen LogP contribution is 2.33. The van der Waals surface area contributed by atoms with Crippen molar-refractivity contribution in [3.05, 3.63) is 77.8 Å². The summed E-state index contributed by atoms with van der Waals surface area (Å²) in [6.07, 6.45) is 11.6. The lowest BCUT2D eigenvalue weighted by Gasteiger charge is -2.31. The van der Waals surface area contributed by atoms with E-state index in [1.54, 1.807) is 37.6 Å². The first kappa shape index (κ1) is 24.3. The minimum atomic E-state index is -0.298. The van der Waals surface area contributed by atoms with Crippen LogP contribution in [0, 0.1) is 0 Å². The van der Waals surface area contributed by atoms with Crippen molar-refractivity contribution in [1.29, 1.82) is 0 Å². The summed E-state index contributed by atoms with van der Waals surface area (Å²) in [6, 6.07) is 14.2. The van der Waals surface area contributed by atoms with Crippen LogP contribution in [-0.2, 0) is 4.79 Å². The normalized spacial score (nSPS) is 17.4. The van der Waals surface area contributed by atoms with Gasteiger partial charge in [0.05, 0.1) is 16.7 Å². The Balaban J connectivity index is 1.36. The number of hydrogen-bond acceptors (Lipinski definition) is 4. The van der Waals surface area contributed by atoms with E-state index in [0.717, 1.165) is 55.4 Å². The van der Waals surface area contributed by atoms with Gasteiger partial charge in [0, 0.05) is 55.8 Å². The molecule has 0 radical (unpaired) electrons. The minimum Gasteiger partial charge on any atom is -0.343 e. The Bertz CT molecular complexity index is 1540. The van der Waals surface area contributed by atoms with Crippen LogP contribution in [0.5, 0.6) is 0 Å². The molecule has 38 heavy (non-hydrogen) atoms. The van der Waals surface area contributed by atoms with Crippen LogP contribution in [0.4, 0.5) is 0 Å². The van der Waals surface area contributed by atoms with Crippen molar-refractivity contribution < 1.29 is 9.59 Å². The van der Waals surface area contributed by atoms with Crippen molar-refractivity contribution in [1.82, 2.24) is 24.4 Å². The third-order valence-electron chi connectivity index (χ3n) is 8.03. The number of carbonyl (C=O) groups is 2. The molecule has 1 saturated carbocycles. The van der Waals surface area contributed by atoms with Gasteiger partial charge in [0.15, 0.2) is 0 Å². The molecule has 2 aliphatic rings. The Labute approximate surface area is 221 Å². The van der Waals surface area contributed by atoms with Gasteiger partial charge in [-0.2, -0.15) is 4.99 Å². The first-order valence-electron chi connectivity index (χ1n) is 13.5. The van der Waals surface area contributed by atoms with Gasteiger partial charge in [-0.1, -0.05) is 18.9 Å². The van der Waals surface area contributed by atoms with Crippen molar-refractivity contribution in [2.45, 2.75) is 57.4 Å². The number of benzene rings is 1. The summed E-state index contributed by atoms with van der Waals surface area (Å²) in [7, 11) is 0. The zero-order valence-electron chi connectivity index (χ0n) is 21.6. The van der Waals surface area contributed by atoms with Crippen molar-refractivity contribution >= 4 is 22.8 Å². The molecule has 1 aliphatic heterocycles. The van der Waals surface area contributed by atoms with Crippen LogP contribution in [0.25, 0.3) is 22.3 Å². The number of aromatic amines is 1. The van der Waals surface area contributed by atoms with E-state index in [0.29, 0.717) is 28.8 Å². The van der Waals surface area contributed by atoms with Crippen LogP contribution in [0.1, 0.15) is 73.3 Å². The molecule has 8 heteroatoms. The van der Waals surface area contributed by atoms with Crippen molar-refractivity contribution in [2.75, 3.05) is 13.1 Å². The molecular weight excluding hydrogens is 476 g/mol. The molecule has 2 amide bonds. The lowest BCUT2D eigenvalue weighted by Crippen LogP contribution is -2.36. The molecule has 0 atom stereocenters. The number of rotatable bonds is 4. The molecule has 8 nitrogen and oxygen atoms in total. The molecule has 6 rings (SSSR count). The van der Waals surface area contributed by atoms with Gasteiger partial charge in [0.25, 0.3) is 5.91 Å². The molecule has 0 spiro atoms. The summed E-state index contributed by atoms with van der Waals surface area (Å²) in [4.78, 5) is 43.7. The van der Waals surface area contributed by atoms with Gasteiger partial charge in [-0.25, -0.2) is 0 Å². The summed E-state index contributed by atoms with van der Waals surface area (Å²) in [5, 5.41) is 0. The second-order valence-corrected chi connectivity index (χ2v) is 10.4. The Morgan fingerprint density at radius 1 is 1.00 bits per heavy atom. The molecule has 4 heterocycles. The first-order chi connectivity index (χ1) is 18.6. The van der Waals surface area contributed by atoms with E-state index in [-0.39, 0.29) is 11.8 Å². The fraction of sp³-hybridized carbons (Fsp3) is 0.367. The zero-order chi connectivity index (χ0) is 26.1. The number of fused-ring (bicyclic) bond motifs is 1. The minimum absolute atomic E-state index is 0.151. The predicted octanol–water partition coefficient (Wildman–Crippen LogP) is 5.01. The van der Waals surface area contributed by atoms with Crippen molar-refractivity contribution in [2.24, 2.45) is 4.99 Å². The lowest BCUT2D eigenvalue weighted by atomic mass is 9.89. The van der Waals surface area contributed by atoms with Gasteiger partial charge in [-0.3, -0.25) is 19.6 Å². The van der Waals surface area contributed by atoms with E-state index in [2.05, 4.69) is 42.7 Å². The molecule has 3 aromatic heterocycles. The molecule has 1 N–H and O–H groups in total. The average molecular weight is 509 g/mol. The number of amides is 2. The second-order valence-electron chi connectivity index (χ2n) is 10.4. The Hall–Kier alpha value is -4.07. The number of hydrogen-bond donors (Lipinski definition) is 1. The van der Waals surface area contributed by atoms with Crippen LogP contribution < -0.4 is 5.62 Å². The number of likely N-dealkylation sites (tertiary alicyclic amines) is 1. The third-order valence-corrected chi connectivity index (χ3v) is 8.03. The fourth-order valence-electron chi connectivity index (χ4n) is 5.95. The molecule has 194 valence electrons. The average Bonchev–Trinajstić information content (AvgIpc) is 3.61. The maximum absolute atomic E-state index is 13.4. The molecule has 0 bridgehead atoms. The molecule has 0 unspecified atom stereocenters. The highest BCUT2D eigenvalue weighted by molar-refractivity contribution is 5.95. The summed E-state index contributed by atoms with van der Waals surface area (Å²) < 4.78 is 2.23. The second kappa shape index (κ2) is 10.4. The Morgan fingerprint density at radius 3 is 2.55 bits per heavy atom. The summed E-state index contributed by atoms with van der Waals surface area (Å²) in [5.74, 6) is 0.272. The molecule has 4 aromatic rings. The third kappa shape index (κ3) is 4.78. The number of nitrogens with one attached hydrogen (secondary N) is 1. The number of carbonyl (C=O) groups excluding carboxylic acids is 2. The van der Waals surface area contributed by atoms with Crippen LogP contribution in [0.15, 0.2) is 66.0 Å². The fourth-order valence-corrected chi connectivity index (χ4v) is 5.95. The van der Waals surface area contributed by atoms with E-state index in [1.807, 2.05) is 17.0 Å². The first-order valence-corrected chi connectivity index (χ1v) is 13.5. The van der Waals surface area contributed by atoms with Crippen LogP contribution >= 0.6 is 0 Å². The summed E-state index contributed by atoms with van der Waals surface area (Å²) in [5.41, 5.74) is 6.00. The maximum Gasteiger partial charge on any atom is 0.280 e. The van der Waals surface area contributed by atoms with Gasteiger partial charge in [-0.15, -0.1) is 0 Å². The highest BCUT2D eigenvalue weighted by atomic mass is 16.2. The summed E-state index contributed by atoms with van der Waals surface area (Å²) >= 11 is 0.